The largest absolute Gasteiger partial charge is 0.425 e. The van der Waals surface area contributed by atoms with E-state index in [4.69, 9.17) is 10.00 Å². The minimum Gasteiger partial charge on any atom is -0.425 e. The Morgan fingerprint density at radius 1 is 1.12 bits per heavy atom. The lowest BCUT2D eigenvalue weighted by Gasteiger charge is -2.05. The van der Waals surface area contributed by atoms with Crippen LogP contribution in [-0.4, -0.2) is 15.1 Å². The number of nitrogens with zero attached hydrogens (tertiary/aromatic N) is 3. The number of carbonyl (C=O) groups excluding carboxylic acids is 1. The van der Waals surface area contributed by atoms with Crippen molar-refractivity contribution in [2.24, 2.45) is 0 Å². The maximum atomic E-state index is 12.6. The Bertz CT molecular complexity index is 1020. The summed E-state index contributed by atoms with van der Waals surface area (Å²) in [4.78, 5) is 24.9. The van der Waals surface area contributed by atoms with Crippen molar-refractivity contribution in [3.63, 3.8) is 0 Å². The van der Waals surface area contributed by atoms with Gasteiger partial charge >= 0.3 is 11.7 Å². The Kier molecular flexibility index (Phi) is 4.66. The van der Waals surface area contributed by atoms with Gasteiger partial charge in [-0.3, -0.25) is 9.13 Å². The molecular weight excluding hydrogens is 318 g/mol. The molecule has 2 aromatic carbocycles. The Hall–Kier alpha value is -3.33. The number of para-hydroxylation sites is 2. The van der Waals surface area contributed by atoms with Crippen molar-refractivity contribution in [3.8, 4) is 11.8 Å². The molecule has 0 amide bonds. The van der Waals surface area contributed by atoms with Gasteiger partial charge in [0.25, 0.3) is 0 Å². The molecule has 0 N–H and O–H groups in total. The first-order valence-corrected chi connectivity index (χ1v) is 8.03. The zero-order chi connectivity index (χ0) is 17.8. The van der Waals surface area contributed by atoms with E-state index in [1.807, 2.05) is 37.3 Å². The number of esters is 1. The first kappa shape index (κ1) is 16.5. The van der Waals surface area contributed by atoms with Gasteiger partial charge in [-0.15, -0.1) is 0 Å². The average Bonchev–Trinajstić information content (AvgIpc) is 2.88. The Morgan fingerprint density at radius 3 is 2.52 bits per heavy atom. The Labute approximate surface area is 144 Å². The summed E-state index contributed by atoms with van der Waals surface area (Å²) in [6, 6.07) is 15.7. The number of fused-ring (bicyclic) bond motifs is 1. The van der Waals surface area contributed by atoms with Crippen molar-refractivity contribution < 1.29 is 9.53 Å². The van der Waals surface area contributed by atoms with Crippen LogP contribution in [0.25, 0.3) is 11.0 Å². The first-order chi connectivity index (χ1) is 12.1. The third kappa shape index (κ3) is 3.31. The predicted octanol–water partition coefficient (Wildman–Crippen LogP) is 2.69. The zero-order valence-electron chi connectivity index (χ0n) is 13.8. The summed E-state index contributed by atoms with van der Waals surface area (Å²) in [5.41, 5.74) is 1.67. The molecule has 0 unspecified atom stereocenters. The number of nitriles is 1. The third-order valence-corrected chi connectivity index (χ3v) is 3.85. The second-order valence-corrected chi connectivity index (χ2v) is 5.62. The van der Waals surface area contributed by atoms with Crippen LogP contribution >= 0.6 is 0 Å². The normalized spacial score (nSPS) is 10.6. The van der Waals surface area contributed by atoms with E-state index < -0.39 is 5.97 Å². The summed E-state index contributed by atoms with van der Waals surface area (Å²) in [7, 11) is 0. The molecule has 0 saturated carbocycles. The molecule has 0 aliphatic carbocycles. The monoisotopic (exact) mass is 335 g/mol. The highest BCUT2D eigenvalue weighted by atomic mass is 16.5. The zero-order valence-corrected chi connectivity index (χ0v) is 13.8. The van der Waals surface area contributed by atoms with E-state index in [-0.39, 0.29) is 18.0 Å². The number of hydrogen-bond donors (Lipinski definition) is 0. The summed E-state index contributed by atoms with van der Waals surface area (Å²) in [6.45, 7) is 2.40. The fourth-order valence-electron chi connectivity index (χ4n) is 2.79. The van der Waals surface area contributed by atoms with Crippen LogP contribution in [0, 0.1) is 11.3 Å². The molecule has 6 heteroatoms. The van der Waals surface area contributed by atoms with Gasteiger partial charge in [0.1, 0.15) is 12.3 Å². The molecule has 0 radical (unpaired) electrons. The summed E-state index contributed by atoms with van der Waals surface area (Å²) < 4.78 is 8.36. The fourth-order valence-corrected chi connectivity index (χ4v) is 2.79. The van der Waals surface area contributed by atoms with Gasteiger partial charge in [0.05, 0.1) is 22.7 Å². The van der Waals surface area contributed by atoms with Crippen molar-refractivity contribution in [1.29, 1.82) is 5.26 Å². The Morgan fingerprint density at radius 2 is 1.84 bits per heavy atom. The van der Waals surface area contributed by atoms with Crippen LogP contribution in [0.3, 0.4) is 0 Å². The van der Waals surface area contributed by atoms with Crippen LogP contribution in [-0.2, 0) is 17.9 Å². The lowest BCUT2D eigenvalue weighted by Crippen LogP contribution is -2.28. The average molecular weight is 335 g/mol. The molecular formula is C19H17N3O3. The molecule has 0 aliphatic heterocycles. The molecule has 0 aliphatic rings. The minimum atomic E-state index is -0.559. The van der Waals surface area contributed by atoms with Crippen LogP contribution < -0.4 is 10.4 Å². The molecule has 0 fully saturated rings. The topological polar surface area (TPSA) is 77.0 Å². The van der Waals surface area contributed by atoms with Crippen molar-refractivity contribution >= 4 is 17.0 Å². The Balaban J connectivity index is 1.90. The SMILES string of the molecule is CCCn1c(=O)n(CC(=O)Oc2cccc(C#N)c2)c2ccccc21. The van der Waals surface area contributed by atoms with Gasteiger partial charge in [-0.2, -0.15) is 5.26 Å². The van der Waals surface area contributed by atoms with Gasteiger partial charge in [0.15, 0.2) is 0 Å². The van der Waals surface area contributed by atoms with Gasteiger partial charge in [0.2, 0.25) is 0 Å². The molecule has 1 heterocycles. The molecule has 0 saturated heterocycles. The standard InChI is InChI=1S/C19H17N3O3/c1-2-10-21-16-8-3-4-9-17(16)22(19(21)24)13-18(23)25-15-7-5-6-14(11-15)12-20/h3-9,11H,2,10,13H2,1H3. The van der Waals surface area contributed by atoms with Crippen molar-refractivity contribution in [3.05, 3.63) is 64.6 Å². The highest BCUT2D eigenvalue weighted by molar-refractivity contribution is 5.79. The lowest BCUT2D eigenvalue weighted by atomic mass is 10.2. The highest BCUT2D eigenvalue weighted by Gasteiger charge is 2.16. The van der Waals surface area contributed by atoms with Crippen LogP contribution in [0.15, 0.2) is 53.3 Å². The third-order valence-electron chi connectivity index (χ3n) is 3.85. The lowest BCUT2D eigenvalue weighted by molar-refractivity contribution is -0.135. The molecule has 3 aromatic rings. The molecule has 0 atom stereocenters. The van der Waals surface area contributed by atoms with Crippen LogP contribution in [0.5, 0.6) is 5.75 Å². The van der Waals surface area contributed by atoms with Crippen LogP contribution in [0.2, 0.25) is 0 Å². The van der Waals surface area contributed by atoms with E-state index in [9.17, 15) is 9.59 Å². The number of rotatable bonds is 5. The molecule has 0 bridgehead atoms. The van der Waals surface area contributed by atoms with Crippen molar-refractivity contribution in [2.45, 2.75) is 26.4 Å². The van der Waals surface area contributed by atoms with E-state index in [1.54, 1.807) is 22.8 Å². The molecule has 25 heavy (non-hydrogen) atoms. The first-order valence-electron chi connectivity index (χ1n) is 8.03. The second kappa shape index (κ2) is 7.05. The number of hydrogen-bond acceptors (Lipinski definition) is 4. The van der Waals surface area contributed by atoms with Crippen LogP contribution in [0.1, 0.15) is 18.9 Å². The van der Waals surface area contributed by atoms with E-state index in [1.165, 1.54) is 10.6 Å². The van der Waals surface area contributed by atoms with Gasteiger partial charge in [0, 0.05) is 6.54 Å². The van der Waals surface area contributed by atoms with E-state index in [2.05, 4.69) is 0 Å². The molecule has 0 spiro atoms. The maximum Gasteiger partial charge on any atom is 0.331 e. The van der Waals surface area contributed by atoms with E-state index in [0.29, 0.717) is 17.6 Å². The number of aromatic nitrogens is 2. The number of aryl methyl sites for hydroxylation is 1. The summed E-state index contributed by atoms with van der Waals surface area (Å²) >= 11 is 0. The predicted molar refractivity (Wildman–Crippen MR) is 93.3 cm³/mol. The quantitative estimate of drug-likeness (QED) is 0.530. The number of carbonyl (C=O) groups is 1. The summed E-state index contributed by atoms with van der Waals surface area (Å²) in [5.74, 6) is -0.272. The number of benzene rings is 2. The molecule has 3 rings (SSSR count). The van der Waals surface area contributed by atoms with Crippen LogP contribution in [0.4, 0.5) is 0 Å². The summed E-state index contributed by atoms with van der Waals surface area (Å²) in [5, 5.41) is 8.90. The minimum absolute atomic E-state index is 0.188. The second-order valence-electron chi connectivity index (χ2n) is 5.62. The van der Waals surface area contributed by atoms with Gasteiger partial charge < -0.3 is 4.74 Å². The van der Waals surface area contributed by atoms with Crippen molar-refractivity contribution in [2.75, 3.05) is 0 Å². The van der Waals surface area contributed by atoms with E-state index >= 15 is 0 Å². The molecule has 6 nitrogen and oxygen atoms in total. The van der Waals surface area contributed by atoms with Gasteiger partial charge in [-0.25, -0.2) is 9.59 Å². The number of imidazole rings is 1. The van der Waals surface area contributed by atoms with Crippen molar-refractivity contribution in [1.82, 2.24) is 9.13 Å². The molecule has 126 valence electrons. The van der Waals surface area contributed by atoms with E-state index in [0.717, 1.165) is 11.9 Å². The fraction of sp³-hybridized carbons (Fsp3) is 0.211. The van der Waals surface area contributed by atoms with Gasteiger partial charge in [-0.05, 0) is 36.8 Å². The molecule has 1 aromatic heterocycles. The maximum absolute atomic E-state index is 12.6. The number of ether oxygens (including phenoxy) is 1. The smallest absolute Gasteiger partial charge is 0.331 e. The summed E-state index contributed by atoms with van der Waals surface area (Å²) in [6.07, 6.45) is 0.819. The van der Waals surface area contributed by atoms with Gasteiger partial charge in [-0.1, -0.05) is 25.1 Å². The highest BCUT2D eigenvalue weighted by Crippen LogP contribution is 2.15.